The number of nitriles is 1. The highest BCUT2D eigenvalue weighted by atomic mass is 16.2. The predicted octanol–water partition coefficient (Wildman–Crippen LogP) is 3.92. The van der Waals surface area contributed by atoms with Crippen molar-refractivity contribution >= 4 is 22.5 Å². The molecule has 0 bridgehead atoms. The van der Waals surface area contributed by atoms with Crippen molar-refractivity contribution in [2.75, 3.05) is 5.32 Å². The van der Waals surface area contributed by atoms with Gasteiger partial charge in [0.25, 0.3) is 0 Å². The molecule has 1 spiro atoms. The van der Waals surface area contributed by atoms with Gasteiger partial charge in [0.1, 0.15) is 5.82 Å². The van der Waals surface area contributed by atoms with Crippen LogP contribution < -0.4 is 5.32 Å². The zero-order valence-electron chi connectivity index (χ0n) is 13.5. The minimum absolute atomic E-state index is 0.0804. The van der Waals surface area contributed by atoms with Gasteiger partial charge in [-0.2, -0.15) is 5.26 Å². The monoisotopic (exact) mass is 317 g/mol. The van der Waals surface area contributed by atoms with Crippen molar-refractivity contribution in [3.05, 3.63) is 36.0 Å². The molecule has 1 aromatic carbocycles. The Labute approximate surface area is 140 Å². The number of nitrogens with one attached hydrogen (secondary N) is 1. The molecule has 1 heterocycles. The van der Waals surface area contributed by atoms with Gasteiger partial charge in [0.05, 0.1) is 11.5 Å². The molecule has 3 saturated carbocycles. The average Bonchev–Trinajstić information content (AvgIpc) is 3.44. The third-order valence-corrected chi connectivity index (χ3v) is 6.37. The van der Waals surface area contributed by atoms with E-state index in [0.29, 0.717) is 5.82 Å². The Hall–Kier alpha value is -2.41. The van der Waals surface area contributed by atoms with E-state index in [9.17, 15) is 10.1 Å². The lowest BCUT2D eigenvalue weighted by Crippen LogP contribution is -2.28. The maximum absolute atomic E-state index is 12.1. The van der Waals surface area contributed by atoms with E-state index in [-0.39, 0.29) is 22.7 Å². The van der Waals surface area contributed by atoms with Crippen LogP contribution in [0.1, 0.15) is 44.1 Å². The number of fused-ring (bicyclic) bond motifs is 1. The largest absolute Gasteiger partial charge is 0.310 e. The summed E-state index contributed by atoms with van der Waals surface area (Å²) in [5.74, 6) is 0.841. The molecule has 120 valence electrons. The first-order chi connectivity index (χ1) is 11.7. The number of hydrogen-bond donors (Lipinski definition) is 1. The van der Waals surface area contributed by atoms with Gasteiger partial charge < -0.3 is 5.32 Å². The van der Waals surface area contributed by atoms with E-state index in [0.717, 1.165) is 42.0 Å². The van der Waals surface area contributed by atoms with Gasteiger partial charge in [0, 0.05) is 17.5 Å². The van der Waals surface area contributed by atoms with E-state index in [1.807, 2.05) is 12.1 Å². The Morgan fingerprint density at radius 3 is 2.71 bits per heavy atom. The standard InChI is InChI=1S/C20H19N3O/c21-12-20(11-19(20)6-7-19)16-5-4-14-10-22-17(9-15(14)8-16)23-18(24)13-2-1-3-13/h4-5,8-10,13H,1-3,6-7,11H2,(H,22,23,24)/t20-/m1/s1. The molecule has 0 saturated heterocycles. The summed E-state index contributed by atoms with van der Waals surface area (Å²) in [5, 5.41) is 14.7. The summed E-state index contributed by atoms with van der Waals surface area (Å²) in [4.78, 5) is 16.5. The number of nitrogens with zero attached hydrogens (tertiary/aromatic N) is 2. The number of carbonyl (C=O) groups excluding carboxylic acids is 1. The van der Waals surface area contributed by atoms with Crippen LogP contribution in [-0.4, -0.2) is 10.9 Å². The lowest BCUT2D eigenvalue weighted by Gasteiger charge is -2.23. The van der Waals surface area contributed by atoms with Gasteiger partial charge in [-0.05, 0) is 60.6 Å². The molecule has 1 amide bonds. The number of aromatic nitrogens is 1. The molecule has 4 heteroatoms. The van der Waals surface area contributed by atoms with Gasteiger partial charge in [-0.3, -0.25) is 4.79 Å². The summed E-state index contributed by atoms with van der Waals surface area (Å²) in [6.45, 7) is 0. The van der Waals surface area contributed by atoms with Crippen molar-refractivity contribution in [1.29, 1.82) is 5.26 Å². The van der Waals surface area contributed by atoms with E-state index in [2.05, 4.69) is 28.5 Å². The first-order valence-corrected chi connectivity index (χ1v) is 8.78. The Kier molecular flexibility index (Phi) is 2.66. The summed E-state index contributed by atoms with van der Waals surface area (Å²) < 4.78 is 0. The third-order valence-electron chi connectivity index (χ3n) is 6.37. The molecule has 3 aliphatic carbocycles. The topological polar surface area (TPSA) is 65.8 Å². The van der Waals surface area contributed by atoms with E-state index in [4.69, 9.17) is 0 Å². The van der Waals surface area contributed by atoms with Crippen LogP contribution in [0.2, 0.25) is 0 Å². The molecule has 24 heavy (non-hydrogen) atoms. The van der Waals surface area contributed by atoms with Crippen molar-refractivity contribution in [1.82, 2.24) is 4.98 Å². The van der Waals surface area contributed by atoms with Crippen LogP contribution in [0.3, 0.4) is 0 Å². The normalized spacial score (nSPS) is 26.6. The lowest BCUT2D eigenvalue weighted by molar-refractivity contribution is -0.122. The van der Waals surface area contributed by atoms with Gasteiger partial charge in [-0.15, -0.1) is 0 Å². The number of rotatable bonds is 3. The highest BCUT2D eigenvalue weighted by molar-refractivity contribution is 5.94. The Morgan fingerprint density at radius 1 is 1.25 bits per heavy atom. The summed E-state index contributed by atoms with van der Waals surface area (Å²) >= 11 is 0. The maximum atomic E-state index is 12.1. The van der Waals surface area contributed by atoms with Crippen molar-refractivity contribution in [2.24, 2.45) is 11.3 Å². The summed E-state index contributed by atoms with van der Waals surface area (Å²) in [5.41, 5.74) is 1.11. The number of pyridine rings is 1. The average molecular weight is 317 g/mol. The Bertz CT molecular complexity index is 905. The zero-order chi connectivity index (χ0) is 16.4. The van der Waals surface area contributed by atoms with Gasteiger partial charge in [0.2, 0.25) is 5.91 Å². The fourth-order valence-electron chi connectivity index (χ4n) is 4.22. The van der Waals surface area contributed by atoms with Gasteiger partial charge in [-0.25, -0.2) is 4.98 Å². The van der Waals surface area contributed by atoms with Gasteiger partial charge >= 0.3 is 0 Å². The minimum Gasteiger partial charge on any atom is -0.310 e. The summed E-state index contributed by atoms with van der Waals surface area (Å²) in [6, 6.07) is 10.7. The number of carbonyl (C=O) groups is 1. The summed E-state index contributed by atoms with van der Waals surface area (Å²) in [7, 11) is 0. The molecular weight excluding hydrogens is 298 g/mol. The highest BCUT2D eigenvalue weighted by Crippen LogP contribution is 2.78. The number of hydrogen-bond acceptors (Lipinski definition) is 3. The van der Waals surface area contributed by atoms with E-state index in [1.165, 1.54) is 12.8 Å². The fourth-order valence-corrected chi connectivity index (χ4v) is 4.22. The minimum atomic E-state index is -0.278. The van der Waals surface area contributed by atoms with Crippen LogP contribution in [0.4, 0.5) is 5.82 Å². The van der Waals surface area contributed by atoms with Crippen molar-refractivity contribution in [3.63, 3.8) is 0 Å². The van der Waals surface area contributed by atoms with Crippen LogP contribution in [0.25, 0.3) is 10.8 Å². The van der Waals surface area contributed by atoms with Gasteiger partial charge in [0.15, 0.2) is 0 Å². The van der Waals surface area contributed by atoms with E-state index >= 15 is 0 Å². The predicted molar refractivity (Wildman–Crippen MR) is 91.3 cm³/mol. The molecule has 3 fully saturated rings. The van der Waals surface area contributed by atoms with Crippen molar-refractivity contribution in [3.8, 4) is 6.07 Å². The van der Waals surface area contributed by atoms with Crippen LogP contribution in [-0.2, 0) is 10.2 Å². The van der Waals surface area contributed by atoms with Crippen LogP contribution >= 0.6 is 0 Å². The third kappa shape index (κ3) is 1.84. The lowest BCUT2D eigenvalue weighted by atomic mass is 9.85. The molecule has 2 aromatic rings. The molecule has 3 aliphatic rings. The summed E-state index contributed by atoms with van der Waals surface area (Å²) in [6.07, 6.45) is 8.26. The quantitative estimate of drug-likeness (QED) is 0.933. The molecule has 0 radical (unpaired) electrons. The van der Waals surface area contributed by atoms with E-state index in [1.54, 1.807) is 6.20 Å². The molecular formula is C20H19N3O. The smallest absolute Gasteiger partial charge is 0.228 e. The SMILES string of the molecule is N#C[C@@]1(c2ccc3cnc(NC(=O)C4CCC4)cc3c2)CC12CC2. The second-order valence-electron chi connectivity index (χ2n) is 7.72. The molecule has 0 unspecified atom stereocenters. The second-order valence-corrected chi connectivity index (χ2v) is 7.72. The number of anilines is 1. The number of benzene rings is 1. The highest BCUT2D eigenvalue weighted by Gasteiger charge is 2.75. The molecule has 0 aliphatic heterocycles. The number of amides is 1. The Morgan fingerprint density at radius 2 is 2.08 bits per heavy atom. The molecule has 1 aromatic heterocycles. The first kappa shape index (κ1) is 14.0. The molecule has 4 nitrogen and oxygen atoms in total. The van der Waals surface area contributed by atoms with Crippen molar-refractivity contribution in [2.45, 2.75) is 43.9 Å². The second kappa shape index (κ2) is 4.57. The fraction of sp³-hybridized carbons (Fsp3) is 0.450. The van der Waals surface area contributed by atoms with Crippen LogP contribution in [0.15, 0.2) is 30.5 Å². The van der Waals surface area contributed by atoms with Crippen LogP contribution in [0, 0.1) is 22.7 Å². The van der Waals surface area contributed by atoms with Crippen molar-refractivity contribution < 1.29 is 4.79 Å². The molecule has 5 rings (SSSR count). The molecule has 1 atom stereocenters. The Balaban J connectivity index is 1.47. The zero-order valence-corrected chi connectivity index (χ0v) is 13.5. The molecule has 1 N–H and O–H groups in total. The van der Waals surface area contributed by atoms with Gasteiger partial charge in [-0.1, -0.05) is 18.6 Å². The maximum Gasteiger partial charge on any atom is 0.228 e. The van der Waals surface area contributed by atoms with E-state index < -0.39 is 0 Å². The first-order valence-electron chi connectivity index (χ1n) is 8.78. The van der Waals surface area contributed by atoms with Crippen LogP contribution in [0.5, 0.6) is 0 Å².